The lowest BCUT2D eigenvalue weighted by molar-refractivity contribution is 0.794. The van der Waals surface area contributed by atoms with Crippen molar-refractivity contribution in [2.45, 2.75) is 40.0 Å². The fraction of sp³-hybridized carbons (Fsp3) is 0.250. The predicted octanol–water partition coefficient (Wildman–Crippen LogP) is 7.18. The Morgan fingerprint density at radius 3 is 2.12 bits per heavy atom. The van der Waals surface area contributed by atoms with Crippen molar-refractivity contribution in [2.75, 3.05) is 5.32 Å². The van der Waals surface area contributed by atoms with Gasteiger partial charge in [0.25, 0.3) is 0 Å². The van der Waals surface area contributed by atoms with Crippen LogP contribution in [0.4, 0.5) is 5.69 Å². The van der Waals surface area contributed by atoms with E-state index in [-0.39, 0.29) is 0 Å². The lowest BCUT2D eigenvalue weighted by Crippen LogP contribution is -2.02. The van der Waals surface area contributed by atoms with E-state index in [0.717, 1.165) is 40.1 Å². The van der Waals surface area contributed by atoms with Crippen LogP contribution in [0.1, 0.15) is 55.9 Å². The fourth-order valence-electron chi connectivity index (χ4n) is 3.00. The smallest absolute Gasteiger partial charge is 0.0390 e. The molecule has 1 nitrogen and oxygen atoms in total. The van der Waals surface area contributed by atoms with E-state index in [0.29, 0.717) is 0 Å². The first-order chi connectivity index (χ1) is 11.9. The Labute approximate surface area is 152 Å². The highest BCUT2D eigenvalue weighted by Gasteiger charge is 2.09. The Morgan fingerprint density at radius 1 is 0.880 bits per heavy atom. The van der Waals surface area contributed by atoms with Crippen LogP contribution in [-0.4, -0.2) is 0 Å². The average Bonchev–Trinajstić information content (AvgIpc) is 2.60. The van der Waals surface area contributed by atoms with Gasteiger partial charge in [-0.3, -0.25) is 0 Å². The number of rotatable bonds is 8. The van der Waals surface area contributed by atoms with Crippen LogP contribution >= 0.6 is 0 Å². The Balaban J connectivity index is 2.28. The molecule has 0 bridgehead atoms. The summed E-state index contributed by atoms with van der Waals surface area (Å²) in [4.78, 5) is 0. The van der Waals surface area contributed by atoms with E-state index in [9.17, 15) is 0 Å². The fourth-order valence-corrected chi connectivity index (χ4v) is 3.00. The second-order valence-corrected chi connectivity index (χ2v) is 6.69. The van der Waals surface area contributed by atoms with Crippen molar-refractivity contribution < 1.29 is 0 Å². The third-order valence-electron chi connectivity index (χ3n) is 4.38. The van der Waals surface area contributed by atoms with E-state index >= 15 is 0 Å². The van der Waals surface area contributed by atoms with Gasteiger partial charge in [-0.2, -0.15) is 0 Å². The molecule has 0 aliphatic heterocycles. The van der Waals surface area contributed by atoms with E-state index in [1.54, 1.807) is 0 Å². The van der Waals surface area contributed by atoms with Crippen molar-refractivity contribution in [2.24, 2.45) is 0 Å². The monoisotopic (exact) mass is 331 g/mol. The second kappa shape index (κ2) is 8.53. The Bertz CT molecular complexity index is 795. The van der Waals surface area contributed by atoms with E-state index < -0.39 is 0 Å². The molecule has 0 spiro atoms. The maximum Gasteiger partial charge on any atom is 0.0390 e. The minimum absolute atomic E-state index is 0.882. The molecule has 0 radical (unpaired) electrons. The Hall–Kier alpha value is -2.54. The molecule has 0 aliphatic carbocycles. The molecule has 0 unspecified atom stereocenters. The van der Waals surface area contributed by atoms with Gasteiger partial charge in [0.1, 0.15) is 0 Å². The molecule has 1 heteroatoms. The molecule has 2 rings (SSSR count). The SMILES string of the molecule is C=C(C)c1cc(NC(=C)c2ccccc2C(=C)C)ccc1CCCC. The van der Waals surface area contributed by atoms with Crippen molar-refractivity contribution in [1.82, 2.24) is 0 Å². The first-order valence-electron chi connectivity index (χ1n) is 8.94. The van der Waals surface area contributed by atoms with Crippen LogP contribution in [0.3, 0.4) is 0 Å². The highest BCUT2D eigenvalue weighted by molar-refractivity contribution is 5.83. The van der Waals surface area contributed by atoms with Gasteiger partial charge in [0.2, 0.25) is 0 Å². The molecule has 0 saturated heterocycles. The highest BCUT2D eigenvalue weighted by Crippen LogP contribution is 2.28. The number of hydrogen-bond donors (Lipinski definition) is 1. The minimum atomic E-state index is 0.882. The van der Waals surface area contributed by atoms with Crippen LogP contribution in [0.25, 0.3) is 16.8 Å². The first-order valence-corrected chi connectivity index (χ1v) is 8.94. The molecule has 0 aliphatic rings. The summed E-state index contributed by atoms with van der Waals surface area (Å²) in [6.45, 7) is 18.8. The maximum atomic E-state index is 4.24. The quantitative estimate of drug-likeness (QED) is 0.540. The van der Waals surface area contributed by atoms with Gasteiger partial charge in [-0.1, -0.05) is 74.6 Å². The second-order valence-electron chi connectivity index (χ2n) is 6.69. The zero-order valence-electron chi connectivity index (χ0n) is 15.8. The van der Waals surface area contributed by atoms with Crippen LogP contribution < -0.4 is 5.32 Å². The molecule has 130 valence electrons. The summed E-state index contributed by atoms with van der Waals surface area (Å²) in [5, 5.41) is 3.46. The number of hydrogen-bond acceptors (Lipinski definition) is 1. The van der Waals surface area contributed by atoms with Gasteiger partial charge >= 0.3 is 0 Å². The lowest BCUT2D eigenvalue weighted by atomic mass is 9.96. The van der Waals surface area contributed by atoms with Gasteiger partial charge in [0.05, 0.1) is 0 Å². The standard InChI is InChI=1S/C24H29N/c1-7-8-11-20-14-15-21(16-24(20)18(4)5)25-19(6)23-13-10-9-12-22(23)17(2)3/h9-10,12-16,25H,2,4,6-8,11H2,1,3,5H3. The average molecular weight is 332 g/mol. The Morgan fingerprint density at radius 2 is 1.52 bits per heavy atom. The number of anilines is 1. The van der Waals surface area contributed by atoms with Crippen molar-refractivity contribution in [1.29, 1.82) is 0 Å². The molecule has 2 aromatic carbocycles. The molecule has 0 aromatic heterocycles. The molecule has 0 saturated carbocycles. The molecule has 0 heterocycles. The normalized spacial score (nSPS) is 10.4. The third kappa shape index (κ3) is 4.73. The van der Waals surface area contributed by atoms with E-state index in [4.69, 9.17) is 0 Å². The summed E-state index contributed by atoms with van der Waals surface area (Å²) in [5.41, 5.74) is 8.88. The summed E-state index contributed by atoms with van der Waals surface area (Å²) in [7, 11) is 0. The molecule has 2 aromatic rings. The number of allylic oxidation sites excluding steroid dienone is 2. The zero-order valence-corrected chi connectivity index (χ0v) is 15.8. The zero-order chi connectivity index (χ0) is 18.4. The molecular formula is C24H29N. The molecular weight excluding hydrogens is 302 g/mol. The van der Waals surface area contributed by atoms with E-state index in [1.807, 2.05) is 19.1 Å². The van der Waals surface area contributed by atoms with E-state index in [2.05, 4.69) is 69.2 Å². The van der Waals surface area contributed by atoms with Crippen molar-refractivity contribution >= 4 is 22.5 Å². The summed E-state index contributed by atoms with van der Waals surface area (Å²) >= 11 is 0. The van der Waals surface area contributed by atoms with Gasteiger partial charge in [0.15, 0.2) is 0 Å². The number of benzene rings is 2. The van der Waals surface area contributed by atoms with Gasteiger partial charge in [-0.15, -0.1) is 0 Å². The van der Waals surface area contributed by atoms with Crippen LogP contribution in [0.15, 0.2) is 62.2 Å². The molecule has 0 amide bonds. The summed E-state index contributed by atoms with van der Waals surface area (Å²) < 4.78 is 0. The molecule has 0 atom stereocenters. The molecule has 25 heavy (non-hydrogen) atoms. The van der Waals surface area contributed by atoms with Gasteiger partial charge in [-0.25, -0.2) is 0 Å². The van der Waals surface area contributed by atoms with Crippen LogP contribution in [0.2, 0.25) is 0 Å². The van der Waals surface area contributed by atoms with Crippen LogP contribution in [0, 0.1) is 0 Å². The number of nitrogens with one attached hydrogen (secondary N) is 1. The molecule has 0 fully saturated rings. The number of aryl methyl sites for hydroxylation is 1. The number of unbranched alkanes of at least 4 members (excludes halogenated alkanes) is 1. The summed E-state index contributed by atoms with van der Waals surface area (Å²) in [6.07, 6.45) is 3.49. The highest BCUT2D eigenvalue weighted by atomic mass is 14.9. The van der Waals surface area contributed by atoms with Crippen LogP contribution in [-0.2, 0) is 6.42 Å². The minimum Gasteiger partial charge on any atom is -0.355 e. The lowest BCUT2D eigenvalue weighted by Gasteiger charge is -2.16. The van der Waals surface area contributed by atoms with Gasteiger partial charge < -0.3 is 5.32 Å². The maximum absolute atomic E-state index is 4.24. The van der Waals surface area contributed by atoms with Crippen LogP contribution in [0.5, 0.6) is 0 Å². The largest absolute Gasteiger partial charge is 0.355 e. The summed E-state index contributed by atoms with van der Waals surface area (Å²) in [5.74, 6) is 0. The summed E-state index contributed by atoms with van der Waals surface area (Å²) in [6, 6.07) is 14.7. The first kappa shape index (κ1) is 18.8. The van der Waals surface area contributed by atoms with Crippen molar-refractivity contribution in [3.63, 3.8) is 0 Å². The van der Waals surface area contributed by atoms with Crippen molar-refractivity contribution in [3.05, 3.63) is 84.5 Å². The predicted molar refractivity (Wildman–Crippen MR) is 114 cm³/mol. The van der Waals surface area contributed by atoms with Gasteiger partial charge in [-0.05, 0) is 55.5 Å². The van der Waals surface area contributed by atoms with Gasteiger partial charge in [0, 0.05) is 16.9 Å². The van der Waals surface area contributed by atoms with Crippen molar-refractivity contribution in [3.8, 4) is 0 Å². The topological polar surface area (TPSA) is 12.0 Å². The third-order valence-corrected chi connectivity index (χ3v) is 4.38. The Kier molecular flexibility index (Phi) is 6.41. The molecule has 1 N–H and O–H groups in total. The van der Waals surface area contributed by atoms with E-state index in [1.165, 1.54) is 24.0 Å².